The van der Waals surface area contributed by atoms with E-state index in [-0.39, 0.29) is 0 Å². The summed E-state index contributed by atoms with van der Waals surface area (Å²) in [6, 6.07) is 0.496. The van der Waals surface area contributed by atoms with Gasteiger partial charge in [-0.05, 0) is 32.2 Å². The molecule has 1 unspecified atom stereocenters. The highest BCUT2D eigenvalue weighted by atomic mass is 32.2. The summed E-state index contributed by atoms with van der Waals surface area (Å²) in [5, 5.41) is 3.25. The lowest BCUT2D eigenvalue weighted by Gasteiger charge is -2.29. The van der Waals surface area contributed by atoms with Crippen molar-refractivity contribution in [2.45, 2.75) is 32.2 Å². The molecule has 1 rings (SSSR count). The molecule has 78 valence electrons. The fourth-order valence-electron chi connectivity index (χ4n) is 2.08. The van der Waals surface area contributed by atoms with Crippen molar-refractivity contribution < 1.29 is 8.42 Å². The maximum absolute atomic E-state index is 11.2. The van der Waals surface area contributed by atoms with Gasteiger partial charge in [0, 0.05) is 6.04 Å². The molecule has 0 radical (unpaired) electrons. The molecule has 0 aliphatic carbocycles. The SMILES string of the molecule is CCC(NC)C1CCS(=O)(=O)CC1. The monoisotopic (exact) mass is 205 g/mol. The molecule has 1 N–H and O–H groups in total. The standard InChI is InChI=1S/C9H19NO2S/c1-3-9(10-2)8-4-6-13(11,12)7-5-8/h8-10H,3-7H2,1-2H3. The Morgan fingerprint density at radius 1 is 1.38 bits per heavy atom. The molecule has 0 bridgehead atoms. The first kappa shape index (κ1) is 11.0. The highest BCUT2D eigenvalue weighted by Crippen LogP contribution is 2.23. The van der Waals surface area contributed by atoms with Gasteiger partial charge in [0.25, 0.3) is 0 Å². The summed E-state index contributed by atoms with van der Waals surface area (Å²) in [7, 11) is -0.738. The summed E-state index contributed by atoms with van der Waals surface area (Å²) in [5.41, 5.74) is 0. The first-order valence-electron chi connectivity index (χ1n) is 4.96. The molecule has 0 aromatic heterocycles. The van der Waals surface area contributed by atoms with Crippen LogP contribution in [-0.2, 0) is 9.84 Å². The largest absolute Gasteiger partial charge is 0.317 e. The van der Waals surface area contributed by atoms with Gasteiger partial charge in [-0.1, -0.05) is 6.92 Å². The van der Waals surface area contributed by atoms with Crippen LogP contribution in [-0.4, -0.2) is 33.0 Å². The Bertz CT molecular complexity index is 230. The number of nitrogens with one attached hydrogen (secondary N) is 1. The molecule has 13 heavy (non-hydrogen) atoms. The molecule has 0 saturated carbocycles. The van der Waals surface area contributed by atoms with Crippen molar-refractivity contribution >= 4 is 9.84 Å². The Balaban J connectivity index is 2.49. The first-order valence-corrected chi connectivity index (χ1v) is 6.79. The topological polar surface area (TPSA) is 46.2 Å². The molecule has 4 heteroatoms. The lowest BCUT2D eigenvalue weighted by molar-refractivity contribution is 0.335. The van der Waals surface area contributed by atoms with Crippen LogP contribution in [0.3, 0.4) is 0 Å². The van der Waals surface area contributed by atoms with Gasteiger partial charge in [-0.2, -0.15) is 0 Å². The third-order valence-corrected chi connectivity index (χ3v) is 4.69. The normalized spacial score (nSPS) is 25.7. The smallest absolute Gasteiger partial charge is 0.150 e. The van der Waals surface area contributed by atoms with Crippen molar-refractivity contribution in [2.75, 3.05) is 18.6 Å². The summed E-state index contributed by atoms with van der Waals surface area (Å²) < 4.78 is 22.3. The van der Waals surface area contributed by atoms with Crippen molar-refractivity contribution in [3.8, 4) is 0 Å². The lowest BCUT2D eigenvalue weighted by Crippen LogP contribution is -2.38. The van der Waals surface area contributed by atoms with Gasteiger partial charge < -0.3 is 5.32 Å². The molecule has 3 nitrogen and oxygen atoms in total. The Morgan fingerprint density at radius 3 is 2.31 bits per heavy atom. The molecule has 0 amide bonds. The number of hydrogen-bond acceptors (Lipinski definition) is 3. The van der Waals surface area contributed by atoms with E-state index in [0.29, 0.717) is 23.5 Å². The minimum atomic E-state index is -2.69. The molecule has 0 aromatic rings. The van der Waals surface area contributed by atoms with Gasteiger partial charge >= 0.3 is 0 Å². The predicted molar refractivity (Wildman–Crippen MR) is 54.5 cm³/mol. The van der Waals surface area contributed by atoms with Gasteiger partial charge in [-0.15, -0.1) is 0 Å². The molecular formula is C9H19NO2S. The molecule has 1 aliphatic rings. The second-order valence-corrected chi connectivity index (χ2v) is 6.10. The van der Waals surface area contributed by atoms with E-state index in [1.54, 1.807) is 0 Å². The van der Waals surface area contributed by atoms with Crippen LogP contribution in [0, 0.1) is 5.92 Å². The summed E-state index contributed by atoms with van der Waals surface area (Å²) in [4.78, 5) is 0. The highest BCUT2D eigenvalue weighted by Gasteiger charge is 2.27. The minimum Gasteiger partial charge on any atom is -0.317 e. The van der Waals surface area contributed by atoms with Gasteiger partial charge in [0.2, 0.25) is 0 Å². The Labute approximate surface area is 80.8 Å². The Hall–Kier alpha value is -0.0900. The summed E-state index contributed by atoms with van der Waals surface area (Å²) in [5.74, 6) is 1.32. The van der Waals surface area contributed by atoms with Crippen LogP contribution in [0.15, 0.2) is 0 Å². The van der Waals surface area contributed by atoms with Gasteiger partial charge in [0.05, 0.1) is 11.5 Å². The molecule has 1 saturated heterocycles. The third kappa shape index (κ3) is 2.95. The molecular weight excluding hydrogens is 186 g/mol. The number of rotatable bonds is 3. The zero-order valence-corrected chi connectivity index (χ0v) is 9.23. The van der Waals surface area contributed by atoms with Gasteiger partial charge in [-0.25, -0.2) is 8.42 Å². The van der Waals surface area contributed by atoms with E-state index in [1.807, 2.05) is 7.05 Å². The molecule has 1 atom stereocenters. The van der Waals surface area contributed by atoms with Crippen LogP contribution in [0.1, 0.15) is 26.2 Å². The zero-order valence-electron chi connectivity index (χ0n) is 8.41. The Morgan fingerprint density at radius 2 is 1.92 bits per heavy atom. The van der Waals surface area contributed by atoms with Crippen LogP contribution in [0.4, 0.5) is 0 Å². The van der Waals surface area contributed by atoms with Gasteiger partial charge in [0.15, 0.2) is 0 Å². The minimum absolute atomic E-state index is 0.385. The maximum atomic E-state index is 11.2. The quantitative estimate of drug-likeness (QED) is 0.741. The van der Waals surface area contributed by atoms with E-state index in [2.05, 4.69) is 12.2 Å². The zero-order chi connectivity index (χ0) is 9.90. The fraction of sp³-hybridized carbons (Fsp3) is 1.00. The average Bonchev–Trinajstić information content (AvgIpc) is 2.09. The van der Waals surface area contributed by atoms with Crippen molar-refractivity contribution in [2.24, 2.45) is 5.92 Å². The molecule has 1 aliphatic heterocycles. The molecule has 0 aromatic carbocycles. The number of sulfone groups is 1. The average molecular weight is 205 g/mol. The van der Waals surface area contributed by atoms with Crippen molar-refractivity contribution in [1.82, 2.24) is 5.32 Å². The second kappa shape index (κ2) is 4.42. The fourth-order valence-corrected chi connectivity index (χ4v) is 3.61. The van der Waals surface area contributed by atoms with Crippen LogP contribution >= 0.6 is 0 Å². The van der Waals surface area contributed by atoms with E-state index >= 15 is 0 Å². The summed E-state index contributed by atoms with van der Waals surface area (Å²) in [6.45, 7) is 2.14. The lowest BCUT2D eigenvalue weighted by atomic mass is 9.92. The Kier molecular flexibility index (Phi) is 3.74. The van der Waals surface area contributed by atoms with Crippen LogP contribution < -0.4 is 5.32 Å². The second-order valence-electron chi connectivity index (χ2n) is 3.79. The van der Waals surface area contributed by atoms with E-state index in [9.17, 15) is 8.42 Å². The van der Waals surface area contributed by atoms with Crippen molar-refractivity contribution in [3.05, 3.63) is 0 Å². The maximum Gasteiger partial charge on any atom is 0.150 e. The van der Waals surface area contributed by atoms with E-state index in [1.165, 1.54) is 0 Å². The first-order chi connectivity index (χ1) is 6.09. The highest BCUT2D eigenvalue weighted by molar-refractivity contribution is 7.91. The van der Waals surface area contributed by atoms with E-state index in [0.717, 1.165) is 19.3 Å². The van der Waals surface area contributed by atoms with Crippen molar-refractivity contribution in [1.29, 1.82) is 0 Å². The van der Waals surface area contributed by atoms with Crippen LogP contribution in [0.25, 0.3) is 0 Å². The molecule has 1 heterocycles. The van der Waals surface area contributed by atoms with Gasteiger partial charge in [0.1, 0.15) is 9.84 Å². The molecule has 1 fully saturated rings. The third-order valence-electron chi connectivity index (χ3n) is 2.98. The van der Waals surface area contributed by atoms with E-state index in [4.69, 9.17) is 0 Å². The van der Waals surface area contributed by atoms with Crippen molar-refractivity contribution in [3.63, 3.8) is 0 Å². The van der Waals surface area contributed by atoms with Crippen LogP contribution in [0.5, 0.6) is 0 Å². The summed E-state index contributed by atoms with van der Waals surface area (Å²) in [6.07, 6.45) is 2.75. The van der Waals surface area contributed by atoms with Gasteiger partial charge in [-0.3, -0.25) is 0 Å². The van der Waals surface area contributed by atoms with E-state index < -0.39 is 9.84 Å². The predicted octanol–water partition coefficient (Wildman–Crippen LogP) is 0.809. The molecule has 0 spiro atoms. The summed E-state index contributed by atoms with van der Waals surface area (Å²) >= 11 is 0. The number of hydrogen-bond donors (Lipinski definition) is 1. The van der Waals surface area contributed by atoms with Crippen LogP contribution in [0.2, 0.25) is 0 Å².